The van der Waals surface area contributed by atoms with Crippen LogP contribution < -0.4 is 4.74 Å². The topological polar surface area (TPSA) is 48.0 Å². The Hall–Kier alpha value is -3.78. The Labute approximate surface area is 238 Å². The Morgan fingerprint density at radius 3 is 2.34 bits per heavy atom. The van der Waals surface area contributed by atoms with Crippen molar-refractivity contribution in [3.63, 3.8) is 0 Å². The first-order chi connectivity index (χ1) is 19.5. The van der Waals surface area contributed by atoms with E-state index in [-0.39, 0.29) is 13.2 Å². The van der Waals surface area contributed by atoms with Crippen molar-refractivity contribution >= 4 is 11.7 Å². The Bertz CT molecular complexity index is 1400. The van der Waals surface area contributed by atoms with Crippen LogP contribution in [-0.4, -0.2) is 35.3 Å². The summed E-state index contributed by atoms with van der Waals surface area (Å²) in [6, 6.07) is 22.0. The number of nitrogens with zero attached hydrogens (tertiary/aromatic N) is 1. The molecular formula is C33H34F3NO4. The molecule has 2 aliphatic rings. The second-order valence-electron chi connectivity index (χ2n) is 11.5. The maximum Gasteiger partial charge on any atom is 0.416 e. The number of piperidine rings is 1. The molecule has 1 saturated heterocycles. The first kappa shape index (κ1) is 28.7. The predicted octanol–water partition coefficient (Wildman–Crippen LogP) is 8.21. The van der Waals surface area contributed by atoms with Crippen molar-refractivity contribution in [3.8, 4) is 5.75 Å². The van der Waals surface area contributed by atoms with Gasteiger partial charge in [-0.3, -0.25) is 4.90 Å². The first-order valence-electron chi connectivity index (χ1n) is 13.7. The fourth-order valence-electron chi connectivity index (χ4n) is 5.54. The predicted molar refractivity (Wildman–Crippen MR) is 150 cm³/mol. The van der Waals surface area contributed by atoms with Crippen LogP contribution >= 0.6 is 0 Å². The van der Waals surface area contributed by atoms with Crippen LogP contribution in [-0.2, 0) is 22.3 Å². The Morgan fingerprint density at radius 1 is 1.00 bits per heavy atom. The van der Waals surface area contributed by atoms with Crippen molar-refractivity contribution in [3.05, 3.63) is 107 Å². The maximum absolute atomic E-state index is 13.8. The van der Waals surface area contributed by atoms with E-state index >= 15 is 0 Å². The lowest BCUT2D eigenvalue weighted by Crippen LogP contribution is -2.53. The molecule has 0 radical (unpaired) electrons. The van der Waals surface area contributed by atoms with Crippen molar-refractivity contribution in [1.82, 2.24) is 4.90 Å². The highest BCUT2D eigenvalue weighted by Crippen LogP contribution is 2.49. The summed E-state index contributed by atoms with van der Waals surface area (Å²) in [6.45, 7) is 6.20. The summed E-state index contributed by atoms with van der Waals surface area (Å²) in [5.74, 6) is 0.338. The number of carbonyl (C=O) groups excluding carboxylic acids is 1. The fourth-order valence-corrected chi connectivity index (χ4v) is 5.54. The minimum atomic E-state index is -4.52. The third-order valence-corrected chi connectivity index (χ3v) is 7.29. The molecule has 0 aromatic heterocycles. The average Bonchev–Trinajstić information content (AvgIpc) is 3.35. The van der Waals surface area contributed by atoms with Gasteiger partial charge in [0.15, 0.2) is 0 Å². The lowest BCUT2D eigenvalue weighted by atomic mass is 9.80. The van der Waals surface area contributed by atoms with Gasteiger partial charge in [0, 0.05) is 12.1 Å². The van der Waals surface area contributed by atoms with E-state index in [1.54, 1.807) is 4.90 Å². The van der Waals surface area contributed by atoms with Gasteiger partial charge in [0.25, 0.3) is 0 Å². The number of rotatable bonds is 5. The lowest BCUT2D eigenvalue weighted by molar-refractivity contribution is -0.137. The SMILES string of the molecule is CC(C)(C)OC(=O)N1CCC[C@@]2(C=C(c3cc(C(F)(F)F)ccc3OCc3ccccc3)CO2)[C@@H]1c1ccccc1. The molecule has 2 atom stereocenters. The van der Waals surface area contributed by atoms with Gasteiger partial charge in [0.2, 0.25) is 0 Å². The number of carbonyl (C=O) groups is 1. The second kappa shape index (κ2) is 11.2. The molecule has 5 nitrogen and oxygen atoms in total. The summed E-state index contributed by atoms with van der Waals surface area (Å²) in [5, 5.41) is 0. The molecule has 0 unspecified atom stereocenters. The normalized spacial score (nSPS) is 21.1. The van der Waals surface area contributed by atoms with Crippen molar-refractivity contribution in [2.24, 2.45) is 0 Å². The van der Waals surface area contributed by atoms with Gasteiger partial charge >= 0.3 is 12.3 Å². The van der Waals surface area contributed by atoms with Gasteiger partial charge in [-0.15, -0.1) is 0 Å². The minimum Gasteiger partial charge on any atom is -0.488 e. The molecule has 0 bridgehead atoms. The number of amides is 1. The van der Waals surface area contributed by atoms with Gasteiger partial charge in [-0.2, -0.15) is 13.2 Å². The lowest BCUT2D eigenvalue weighted by Gasteiger charge is -2.47. The highest BCUT2D eigenvalue weighted by Gasteiger charge is 2.50. The zero-order chi connectivity index (χ0) is 29.3. The number of hydrogen-bond donors (Lipinski definition) is 0. The molecule has 0 saturated carbocycles. The third-order valence-electron chi connectivity index (χ3n) is 7.29. The van der Waals surface area contributed by atoms with Crippen LogP contribution in [0.15, 0.2) is 84.9 Å². The zero-order valence-electron chi connectivity index (χ0n) is 23.4. The van der Waals surface area contributed by atoms with E-state index in [1.807, 2.05) is 87.5 Å². The molecule has 1 amide bonds. The van der Waals surface area contributed by atoms with Crippen LogP contribution in [0.3, 0.4) is 0 Å². The zero-order valence-corrected chi connectivity index (χ0v) is 23.4. The molecule has 3 aromatic carbocycles. The van der Waals surface area contributed by atoms with Crippen LogP contribution in [0.25, 0.3) is 5.57 Å². The first-order valence-corrected chi connectivity index (χ1v) is 13.7. The smallest absolute Gasteiger partial charge is 0.416 e. The van der Waals surface area contributed by atoms with Crippen molar-refractivity contribution < 1.29 is 32.2 Å². The molecule has 8 heteroatoms. The van der Waals surface area contributed by atoms with Gasteiger partial charge < -0.3 is 14.2 Å². The van der Waals surface area contributed by atoms with E-state index in [2.05, 4.69) is 0 Å². The fraction of sp³-hybridized carbons (Fsp3) is 0.364. The van der Waals surface area contributed by atoms with E-state index in [4.69, 9.17) is 14.2 Å². The molecule has 2 heterocycles. The van der Waals surface area contributed by atoms with Crippen molar-refractivity contribution in [1.29, 1.82) is 0 Å². The summed E-state index contributed by atoms with van der Waals surface area (Å²) < 4.78 is 59.7. The summed E-state index contributed by atoms with van der Waals surface area (Å²) in [7, 11) is 0. The number of ether oxygens (including phenoxy) is 3. The second-order valence-corrected chi connectivity index (χ2v) is 11.5. The summed E-state index contributed by atoms with van der Waals surface area (Å²) >= 11 is 0. The van der Waals surface area contributed by atoms with Gasteiger partial charge in [0.1, 0.15) is 23.6 Å². The van der Waals surface area contributed by atoms with Gasteiger partial charge in [-0.05, 0) is 74.6 Å². The third kappa shape index (κ3) is 6.43. The molecule has 5 rings (SSSR count). The van der Waals surface area contributed by atoms with Crippen LogP contribution in [0, 0.1) is 0 Å². The number of benzene rings is 3. The van der Waals surface area contributed by atoms with Crippen LogP contribution in [0.4, 0.5) is 18.0 Å². The largest absolute Gasteiger partial charge is 0.488 e. The molecule has 2 aliphatic heterocycles. The number of halogens is 3. The Balaban J connectivity index is 1.56. The van der Waals surface area contributed by atoms with E-state index in [0.717, 1.165) is 23.3 Å². The molecule has 1 spiro atoms. The van der Waals surface area contributed by atoms with Crippen LogP contribution in [0.1, 0.15) is 61.9 Å². The van der Waals surface area contributed by atoms with Gasteiger partial charge in [0.05, 0.1) is 18.2 Å². The summed E-state index contributed by atoms with van der Waals surface area (Å²) in [5.41, 5.74) is 0.274. The van der Waals surface area contributed by atoms with Gasteiger partial charge in [-0.25, -0.2) is 4.79 Å². The molecular weight excluding hydrogens is 531 g/mol. The minimum absolute atomic E-state index is 0.0779. The average molecular weight is 566 g/mol. The quantitative estimate of drug-likeness (QED) is 0.313. The highest BCUT2D eigenvalue weighted by atomic mass is 19.4. The monoisotopic (exact) mass is 565 g/mol. The van der Waals surface area contributed by atoms with Crippen molar-refractivity contribution in [2.75, 3.05) is 13.2 Å². The molecule has 41 heavy (non-hydrogen) atoms. The summed E-state index contributed by atoms with van der Waals surface area (Å²) in [4.78, 5) is 15.1. The molecule has 3 aromatic rings. The highest BCUT2D eigenvalue weighted by molar-refractivity contribution is 5.76. The molecule has 216 valence electrons. The maximum atomic E-state index is 13.8. The van der Waals surface area contributed by atoms with E-state index in [9.17, 15) is 18.0 Å². The molecule has 0 aliphatic carbocycles. The number of likely N-dealkylation sites (tertiary alicyclic amines) is 1. The molecule has 1 fully saturated rings. The Morgan fingerprint density at radius 2 is 1.68 bits per heavy atom. The van der Waals surface area contributed by atoms with Crippen LogP contribution in [0.2, 0.25) is 0 Å². The standard InChI is InChI=1S/C33H34F3NO4/c1-31(2,3)41-30(38)37-18-10-17-32(29(37)24-13-8-5-9-14-24)20-25(22-40-32)27-19-26(33(34,35)36)15-16-28(27)39-21-23-11-6-4-7-12-23/h4-9,11-16,19-20,29H,10,17-18,21-22H2,1-3H3/t29-,32+/m0/s1. The molecule has 0 N–H and O–H groups in total. The van der Waals surface area contributed by atoms with Crippen LogP contribution in [0.5, 0.6) is 5.75 Å². The van der Waals surface area contributed by atoms with E-state index in [1.165, 1.54) is 6.07 Å². The number of hydrogen-bond acceptors (Lipinski definition) is 4. The Kier molecular flexibility index (Phi) is 7.88. The van der Waals surface area contributed by atoms with Gasteiger partial charge in [-0.1, -0.05) is 60.7 Å². The number of alkyl halides is 3. The van der Waals surface area contributed by atoms with Crippen molar-refractivity contribution in [2.45, 2.75) is 63.6 Å². The summed E-state index contributed by atoms with van der Waals surface area (Å²) in [6.07, 6.45) is -1.84. The van der Waals surface area contributed by atoms with E-state index < -0.39 is 35.1 Å². The van der Waals surface area contributed by atoms with E-state index in [0.29, 0.717) is 36.3 Å².